The van der Waals surface area contributed by atoms with E-state index in [4.69, 9.17) is 5.73 Å². The Morgan fingerprint density at radius 2 is 1.67 bits per heavy atom. The summed E-state index contributed by atoms with van der Waals surface area (Å²) in [6.07, 6.45) is 0. The zero-order valence-corrected chi connectivity index (χ0v) is 11.3. The smallest absolute Gasteiger partial charge is 0.173 e. The van der Waals surface area contributed by atoms with Gasteiger partial charge in [-0.1, -0.05) is 35.9 Å². The summed E-state index contributed by atoms with van der Waals surface area (Å²) in [4.78, 5) is 0. The van der Waals surface area contributed by atoms with Crippen LogP contribution in [0.1, 0.15) is 22.7 Å². The van der Waals surface area contributed by atoms with Gasteiger partial charge in [-0.3, -0.25) is 0 Å². The molecule has 0 saturated heterocycles. The van der Waals surface area contributed by atoms with Crippen LogP contribution in [0.2, 0.25) is 0 Å². The van der Waals surface area contributed by atoms with Crippen molar-refractivity contribution in [2.24, 2.45) is 5.73 Å². The van der Waals surface area contributed by atoms with Crippen LogP contribution in [0.3, 0.4) is 0 Å². The molecule has 2 aromatic carbocycles. The number of hydrogen-bond donors (Lipinski definition) is 1. The highest BCUT2D eigenvalue weighted by molar-refractivity contribution is 9.10. The van der Waals surface area contributed by atoms with Crippen molar-refractivity contribution in [3.63, 3.8) is 0 Å². The van der Waals surface area contributed by atoms with Gasteiger partial charge in [-0.05, 0) is 40.0 Å². The maximum atomic E-state index is 13.5. The zero-order chi connectivity index (χ0) is 13.3. The molecule has 1 nitrogen and oxygen atoms in total. The first-order valence-corrected chi connectivity index (χ1v) is 6.25. The molecule has 2 rings (SSSR count). The summed E-state index contributed by atoms with van der Waals surface area (Å²) in [6, 6.07) is 9.72. The standard InChI is InChI=1S/C14H12BrF2N/c1-8-2-4-9(5-3-8)14(18)10-6-7-11(16)13(17)12(10)15/h2-7,14H,18H2,1H3. The van der Waals surface area contributed by atoms with Gasteiger partial charge < -0.3 is 5.73 Å². The van der Waals surface area contributed by atoms with Crippen molar-refractivity contribution in [3.05, 3.63) is 69.2 Å². The molecule has 0 spiro atoms. The Bertz CT molecular complexity index is 567. The van der Waals surface area contributed by atoms with Crippen molar-refractivity contribution < 1.29 is 8.78 Å². The topological polar surface area (TPSA) is 26.0 Å². The molecule has 0 aliphatic rings. The van der Waals surface area contributed by atoms with Crippen LogP contribution in [-0.2, 0) is 0 Å². The van der Waals surface area contributed by atoms with E-state index in [0.29, 0.717) is 5.56 Å². The molecule has 0 radical (unpaired) electrons. The van der Waals surface area contributed by atoms with Gasteiger partial charge in [0.15, 0.2) is 11.6 Å². The second kappa shape index (κ2) is 5.16. The molecule has 0 heterocycles. The van der Waals surface area contributed by atoms with Gasteiger partial charge in [-0.25, -0.2) is 8.78 Å². The average molecular weight is 312 g/mol. The van der Waals surface area contributed by atoms with E-state index in [-0.39, 0.29) is 4.47 Å². The first-order valence-electron chi connectivity index (χ1n) is 5.46. The molecule has 0 saturated carbocycles. The van der Waals surface area contributed by atoms with E-state index in [0.717, 1.165) is 17.2 Å². The summed E-state index contributed by atoms with van der Waals surface area (Å²) in [5.41, 5.74) is 8.57. The normalized spacial score (nSPS) is 12.5. The van der Waals surface area contributed by atoms with Gasteiger partial charge >= 0.3 is 0 Å². The molecule has 0 aliphatic carbocycles. The van der Waals surface area contributed by atoms with Crippen LogP contribution in [-0.4, -0.2) is 0 Å². The SMILES string of the molecule is Cc1ccc(C(N)c2ccc(F)c(F)c2Br)cc1. The van der Waals surface area contributed by atoms with Crippen molar-refractivity contribution in [1.29, 1.82) is 0 Å². The molecule has 0 fully saturated rings. The minimum absolute atomic E-state index is 0.0792. The van der Waals surface area contributed by atoms with E-state index < -0.39 is 17.7 Å². The number of halogens is 3. The van der Waals surface area contributed by atoms with Crippen LogP contribution >= 0.6 is 15.9 Å². The van der Waals surface area contributed by atoms with Gasteiger partial charge in [0.25, 0.3) is 0 Å². The van der Waals surface area contributed by atoms with Crippen molar-refractivity contribution in [2.45, 2.75) is 13.0 Å². The Morgan fingerprint density at radius 3 is 2.28 bits per heavy atom. The van der Waals surface area contributed by atoms with Crippen molar-refractivity contribution in [1.82, 2.24) is 0 Å². The van der Waals surface area contributed by atoms with E-state index in [1.54, 1.807) is 0 Å². The molecule has 2 N–H and O–H groups in total. The molecule has 94 valence electrons. The van der Waals surface area contributed by atoms with E-state index in [2.05, 4.69) is 15.9 Å². The van der Waals surface area contributed by atoms with Gasteiger partial charge in [-0.2, -0.15) is 0 Å². The monoisotopic (exact) mass is 311 g/mol. The summed E-state index contributed by atoms with van der Waals surface area (Å²) in [7, 11) is 0. The lowest BCUT2D eigenvalue weighted by Crippen LogP contribution is -2.13. The predicted octanol–water partition coefficient (Wildman–Crippen LogP) is 4.08. The summed E-state index contributed by atoms with van der Waals surface area (Å²) < 4.78 is 26.6. The Morgan fingerprint density at radius 1 is 1.06 bits per heavy atom. The lowest BCUT2D eigenvalue weighted by atomic mass is 9.98. The Hall–Kier alpha value is -1.26. The second-order valence-electron chi connectivity index (χ2n) is 4.15. The lowest BCUT2D eigenvalue weighted by molar-refractivity contribution is 0.501. The average Bonchev–Trinajstić information content (AvgIpc) is 2.36. The van der Waals surface area contributed by atoms with Gasteiger partial charge in [-0.15, -0.1) is 0 Å². The van der Waals surface area contributed by atoms with E-state index in [9.17, 15) is 8.78 Å². The zero-order valence-electron chi connectivity index (χ0n) is 9.75. The van der Waals surface area contributed by atoms with Crippen molar-refractivity contribution in [2.75, 3.05) is 0 Å². The molecule has 4 heteroatoms. The fraction of sp³-hybridized carbons (Fsp3) is 0.143. The molecule has 1 atom stereocenters. The summed E-state index contributed by atoms with van der Waals surface area (Å²) in [6.45, 7) is 1.97. The molecule has 0 amide bonds. The highest BCUT2D eigenvalue weighted by atomic mass is 79.9. The van der Waals surface area contributed by atoms with E-state index in [1.807, 2.05) is 31.2 Å². The van der Waals surface area contributed by atoms with E-state index >= 15 is 0 Å². The van der Waals surface area contributed by atoms with Gasteiger partial charge in [0.1, 0.15) is 0 Å². The van der Waals surface area contributed by atoms with E-state index in [1.165, 1.54) is 6.07 Å². The van der Waals surface area contributed by atoms with Crippen LogP contribution in [0.15, 0.2) is 40.9 Å². The van der Waals surface area contributed by atoms with Crippen molar-refractivity contribution in [3.8, 4) is 0 Å². The van der Waals surface area contributed by atoms with Crippen LogP contribution in [0.5, 0.6) is 0 Å². The third kappa shape index (κ3) is 2.44. The molecule has 2 aromatic rings. The maximum Gasteiger partial charge on any atom is 0.173 e. The predicted molar refractivity (Wildman–Crippen MR) is 71.3 cm³/mol. The number of nitrogens with two attached hydrogens (primary N) is 1. The maximum absolute atomic E-state index is 13.5. The molecule has 0 aliphatic heterocycles. The van der Waals surface area contributed by atoms with Crippen LogP contribution in [0.25, 0.3) is 0 Å². The molecule has 0 bridgehead atoms. The third-order valence-electron chi connectivity index (χ3n) is 2.84. The molecular weight excluding hydrogens is 300 g/mol. The third-order valence-corrected chi connectivity index (χ3v) is 3.64. The number of benzene rings is 2. The highest BCUT2D eigenvalue weighted by Crippen LogP contribution is 2.30. The van der Waals surface area contributed by atoms with Crippen LogP contribution < -0.4 is 5.73 Å². The fourth-order valence-electron chi connectivity index (χ4n) is 1.73. The molecule has 18 heavy (non-hydrogen) atoms. The molecule has 1 unspecified atom stereocenters. The first kappa shape index (κ1) is 13.2. The second-order valence-corrected chi connectivity index (χ2v) is 4.95. The lowest BCUT2D eigenvalue weighted by Gasteiger charge is -2.15. The summed E-state index contributed by atoms with van der Waals surface area (Å²) >= 11 is 3.05. The van der Waals surface area contributed by atoms with Gasteiger partial charge in [0.2, 0.25) is 0 Å². The minimum atomic E-state index is -0.907. The number of hydrogen-bond acceptors (Lipinski definition) is 1. The number of aryl methyl sites for hydroxylation is 1. The Labute approximate surface area is 113 Å². The summed E-state index contributed by atoms with van der Waals surface area (Å²) in [5, 5.41) is 0. The first-order chi connectivity index (χ1) is 8.50. The fourth-order valence-corrected chi connectivity index (χ4v) is 2.30. The van der Waals surface area contributed by atoms with Crippen LogP contribution in [0.4, 0.5) is 8.78 Å². The summed E-state index contributed by atoms with van der Waals surface area (Å²) in [5.74, 6) is -1.79. The largest absolute Gasteiger partial charge is 0.320 e. The van der Waals surface area contributed by atoms with Crippen LogP contribution in [0, 0.1) is 18.6 Å². The Balaban J connectivity index is 2.43. The Kier molecular flexibility index (Phi) is 3.78. The van der Waals surface area contributed by atoms with Gasteiger partial charge in [0.05, 0.1) is 10.5 Å². The molecule has 0 aromatic heterocycles. The van der Waals surface area contributed by atoms with Gasteiger partial charge in [0, 0.05) is 0 Å². The molecular formula is C14H12BrF2N. The van der Waals surface area contributed by atoms with Crippen molar-refractivity contribution >= 4 is 15.9 Å². The quantitative estimate of drug-likeness (QED) is 0.831. The highest BCUT2D eigenvalue weighted by Gasteiger charge is 2.17. The number of rotatable bonds is 2. The minimum Gasteiger partial charge on any atom is -0.320 e.